The minimum absolute atomic E-state index is 1.24. The molecule has 0 spiro atoms. The Morgan fingerprint density at radius 2 is 0.941 bits per heavy atom. The van der Waals surface area contributed by atoms with E-state index in [9.17, 15) is 0 Å². The van der Waals surface area contributed by atoms with Gasteiger partial charge < -0.3 is 19.4 Å². The van der Waals surface area contributed by atoms with Crippen LogP contribution in [-0.2, 0) is 0 Å². The number of hydrogen-bond acceptors (Lipinski definition) is 4. The Balaban J connectivity index is 1.54. The molecule has 0 atom stereocenters. The highest BCUT2D eigenvalue weighted by Gasteiger charge is 2.15. The van der Waals surface area contributed by atoms with E-state index in [-0.39, 0.29) is 0 Å². The third kappa shape index (κ3) is 4.62. The molecule has 0 aromatic heterocycles. The van der Waals surface area contributed by atoms with Gasteiger partial charge in [0.05, 0.1) is 0 Å². The van der Waals surface area contributed by atoms with Gasteiger partial charge in [0.2, 0.25) is 0 Å². The largest absolute Gasteiger partial charge is 0.346 e. The molecule has 0 aromatic rings. The molecule has 4 nitrogen and oxygen atoms in total. The molecular weight excluding hydrogens is 210 g/mol. The Kier molecular flexibility index (Phi) is 5.35. The molecule has 0 amide bonds. The predicted molar refractivity (Wildman–Crippen MR) is 77.7 cm³/mol. The number of piperazine rings is 2. The van der Waals surface area contributed by atoms with Crippen LogP contribution in [0.2, 0.25) is 0 Å². The first-order valence-electron chi connectivity index (χ1n) is 7.06. The normalized spacial score (nSPS) is 26.4. The Morgan fingerprint density at radius 1 is 0.588 bits per heavy atom. The maximum Gasteiger partial charge on any atom is 0.185 e. The SMILES string of the molecule is BN1CCN(CCCN2CCN(B)CC2)CC1. The maximum atomic E-state index is 2.62. The van der Waals surface area contributed by atoms with Crippen molar-refractivity contribution in [1.29, 1.82) is 0 Å². The summed E-state index contributed by atoms with van der Waals surface area (Å²) >= 11 is 0. The molecule has 0 unspecified atom stereocenters. The van der Waals surface area contributed by atoms with Crippen LogP contribution in [0.15, 0.2) is 0 Å². The first kappa shape index (κ1) is 13.4. The summed E-state index contributed by atoms with van der Waals surface area (Å²) in [5.74, 6) is 0. The van der Waals surface area contributed by atoms with Crippen LogP contribution in [0.1, 0.15) is 6.42 Å². The summed E-state index contributed by atoms with van der Waals surface area (Å²) in [5.41, 5.74) is 0. The number of hydrogen-bond donors (Lipinski definition) is 0. The average molecular weight is 236 g/mol. The minimum atomic E-state index is 1.24. The van der Waals surface area contributed by atoms with Gasteiger partial charge in [0, 0.05) is 26.2 Å². The minimum Gasteiger partial charge on any atom is -0.346 e. The van der Waals surface area contributed by atoms with Crippen LogP contribution in [0.4, 0.5) is 0 Å². The second-order valence-electron chi connectivity index (χ2n) is 5.64. The Labute approximate surface area is 108 Å². The fourth-order valence-electron chi connectivity index (χ4n) is 2.66. The van der Waals surface area contributed by atoms with E-state index in [0.29, 0.717) is 0 Å². The first-order chi connectivity index (χ1) is 8.24. The second-order valence-corrected chi connectivity index (χ2v) is 5.64. The number of nitrogens with zero attached hydrogens (tertiary/aromatic N) is 4. The van der Waals surface area contributed by atoms with Crippen molar-refractivity contribution < 1.29 is 0 Å². The molecule has 2 aliphatic rings. The summed E-state index contributed by atoms with van der Waals surface area (Å²) in [6.45, 7) is 12.6. The van der Waals surface area contributed by atoms with Gasteiger partial charge in [-0.2, -0.15) is 0 Å². The predicted octanol–water partition coefficient (Wildman–Crippen LogP) is -2.29. The number of rotatable bonds is 4. The van der Waals surface area contributed by atoms with Gasteiger partial charge in [0.25, 0.3) is 0 Å². The molecule has 0 aromatic carbocycles. The average Bonchev–Trinajstić information content (AvgIpc) is 2.34. The second kappa shape index (κ2) is 6.78. The van der Waals surface area contributed by atoms with Gasteiger partial charge in [0.1, 0.15) is 0 Å². The van der Waals surface area contributed by atoms with Crippen LogP contribution >= 0.6 is 0 Å². The summed E-state index contributed by atoms with van der Waals surface area (Å²) < 4.78 is 0. The smallest absolute Gasteiger partial charge is 0.185 e. The van der Waals surface area contributed by atoms with Crippen molar-refractivity contribution in [2.24, 2.45) is 0 Å². The molecule has 2 heterocycles. The third-order valence-corrected chi connectivity index (χ3v) is 4.14. The van der Waals surface area contributed by atoms with Crippen molar-refractivity contribution in [2.75, 3.05) is 65.4 Å². The van der Waals surface area contributed by atoms with Gasteiger partial charge in [-0.05, 0) is 45.7 Å². The highest BCUT2D eigenvalue weighted by atomic mass is 15.2. The molecule has 0 N–H and O–H groups in total. The molecule has 2 saturated heterocycles. The maximum absolute atomic E-state index is 2.62. The molecule has 2 fully saturated rings. The summed E-state index contributed by atoms with van der Waals surface area (Å²) in [5, 5.41) is 0. The molecule has 0 radical (unpaired) electrons. The van der Waals surface area contributed by atoms with Crippen molar-refractivity contribution in [3.63, 3.8) is 0 Å². The summed E-state index contributed by atoms with van der Waals surface area (Å²) in [7, 11) is 4.45. The lowest BCUT2D eigenvalue weighted by molar-refractivity contribution is 0.158. The molecular formula is C11H26B2N4. The molecule has 0 saturated carbocycles. The van der Waals surface area contributed by atoms with E-state index >= 15 is 0 Å². The zero-order valence-electron chi connectivity index (χ0n) is 11.6. The Bertz CT molecular complexity index is 192. The Hall–Kier alpha value is -0.0301. The standard InChI is InChI=1S/C11H26B2N4/c12-16-8-4-14(5-9-16)2-1-3-15-6-10-17(13)11-7-15/h1-13H2. The first-order valence-corrected chi connectivity index (χ1v) is 7.06. The van der Waals surface area contributed by atoms with E-state index in [2.05, 4.69) is 35.4 Å². The van der Waals surface area contributed by atoms with Crippen LogP contribution in [0.25, 0.3) is 0 Å². The fraction of sp³-hybridized carbons (Fsp3) is 1.00. The third-order valence-electron chi connectivity index (χ3n) is 4.14. The van der Waals surface area contributed by atoms with Gasteiger partial charge >= 0.3 is 0 Å². The van der Waals surface area contributed by atoms with E-state index in [4.69, 9.17) is 0 Å². The van der Waals surface area contributed by atoms with E-state index in [1.807, 2.05) is 0 Å². The topological polar surface area (TPSA) is 13.0 Å². The van der Waals surface area contributed by atoms with Crippen LogP contribution in [0.3, 0.4) is 0 Å². The zero-order chi connectivity index (χ0) is 12.1. The van der Waals surface area contributed by atoms with Crippen LogP contribution in [0, 0.1) is 0 Å². The van der Waals surface area contributed by atoms with Crippen LogP contribution < -0.4 is 0 Å². The summed E-state index contributed by atoms with van der Waals surface area (Å²) in [4.78, 5) is 10.1. The summed E-state index contributed by atoms with van der Waals surface area (Å²) in [6, 6.07) is 0. The van der Waals surface area contributed by atoms with Gasteiger partial charge in [-0.25, -0.2) is 0 Å². The van der Waals surface area contributed by atoms with Gasteiger partial charge in [-0.15, -0.1) is 0 Å². The van der Waals surface area contributed by atoms with Crippen molar-refractivity contribution in [3.05, 3.63) is 0 Å². The van der Waals surface area contributed by atoms with E-state index in [1.54, 1.807) is 0 Å². The van der Waals surface area contributed by atoms with Crippen LogP contribution in [-0.4, -0.2) is 101 Å². The van der Waals surface area contributed by atoms with Gasteiger partial charge in [0.15, 0.2) is 16.0 Å². The van der Waals surface area contributed by atoms with Crippen molar-refractivity contribution in [3.8, 4) is 0 Å². The molecule has 0 bridgehead atoms. The molecule has 2 rings (SSSR count). The Morgan fingerprint density at radius 3 is 1.29 bits per heavy atom. The van der Waals surface area contributed by atoms with Crippen molar-refractivity contribution >= 4 is 16.0 Å². The molecule has 17 heavy (non-hydrogen) atoms. The van der Waals surface area contributed by atoms with Crippen molar-refractivity contribution in [2.45, 2.75) is 6.42 Å². The highest BCUT2D eigenvalue weighted by molar-refractivity contribution is 6.04. The lowest BCUT2D eigenvalue weighted by Gasteiger charge is -2.35. The molecule has 0 aliphatic carbocycles. The molecule has 6 heteroatoms. The van der Waals surface area contributed by atoms with Gasteiger partial charge in [-0.1, -0.05) is 0 Å². The monoisotopic (exact) mass is 236 g/mol. The van der Waals surface area contributed by atoms with E-state index in [1.165, 1.54) is 71.9 Å². The van der Waals surface area contributed by atoms with Crippen LogP contribution in [0.5, 0.6) is 0 Å². The quantitative estimate of drug-likeness (QED) is 0.509. The lowest BCUT2D eigenvalue weighted by Crippen LogP contribution is -2.47. The fourth-order valence-corrected chi connectivity index (χ4v) is 2.66. The molecule has 96 valence electrons. The van der Waals surface area contributed by atoms with Crippen molar-refractivity contribution in [1.82, 2.24) is 19.4 Å². The highest BCUT2D eigenvalue weighted by Crippen LogP contribution is 2.03. The van der Waals surface area contributed by atoms with E-state index < -0.39 is 0 Å². The molecule has 2 aliphatic heterocycles. The summed E-state index contributed by atoms with van der Waals surface area (Å²) in [6.07, 6.45) is 1.34. The zero-order valence-corrected chi connectivity index (χ0v) is 11.6. The lowest BCUT2D eigenvalue weighted by atomic mass is 10.2. The van der Waals surface area contributed by atoms with Gasteiger partial charge in [-0.3, -0.25) is 0 Å². The van der Waals surface area contributed by atoms with E-state index in [0.717, 1.165) is 0 Å².